The second-order valence-electron chi connectivity index (χ2n) is 9.13. The van der Waals surface area contributed by atoms with Gasteiger partial charge in [0.05, 0.1) is 11.9 Å². The molecule has 0 saturated carbocycles. The molecule has 0 unspecified atom stereocenters. The van der Waals surface area contributed by atoms with Gasteiger partial charge < -0.3 is 10.2 Å². The minimum absolute atomic E-state index is 0.0124. The number of hydrogen-bond donors (Lipinski definition) is 1. The maximum absolute atomic E-state index is 13.5. The number of carbonyl (C=O) groups is 2. The Labute approximate surface area is 220 Å². The van der Waals surface area contributed by atoms with E-state index >= 15 is 0 Å². The van der Waals surface area contributed by atoms with Crippen molar-refractivity contribution in [2.75, 3.05) is 17.1 Å². The van der Waals surface area contributed by atoms with Crippen LogP contribution in [-0.4, -0.2) is 50.0 Å². The molecule has 0 aliphatic rings. The number of halogens is 1. The molecule has 2 rings (SSSR count). The first kappa shape index (κ1) is 29.6. The van der Waals surface area contributed by atoms with Crippen molar-refractivity contribution >= 4 is 39.1 Å². The van der Waals surface area contributed by atoms with Gasteiger partial charge in [-0.3, -0.25) is 13.9 Å². The number of rotatable bonds is 13. The van der Waals surface area contributed by atoms with Gasteiger partial charge in [-0.1, -0.05) is 61.3 Å². The van der Waals surface area contributed by atoms with Crippen LogP contribution in [0.4, 0.5) is 5.69 Å². The molecule has 2 aromatic carbocycles. The van der Waals surface area contributed by atoms with Gasteiger partial charge in [0, 0.05) is 30.6 Å². The highest BCUT2D eigenvalue weighted by Crippen LogP contribution is 2.22. The quantitative estimate of drug-likeness (QED) is 0.394. The molecule has 36 heavy (non-hydrogen) atoms. The van der Waals surface area contributed by atoms with Crippen molar-refractivity contribution in [1.29, 1.82) is 0 Å². The van der Waals surface area contributed by atoms with E-state index in [2.05, 4.69) is 5.32 Å². The molecule has 0 spiro atoms. The maximum Gasteiger partial charge on any atom is 0.243 e. The minimum Gasteiger partial charge on any atom is -0.352 e. The fourth-order valence-electron chi connectivity index (χ4n) is 3.89. The summed E-state index contributed by atoms with van der Waals surface area (Å²) in [4.78, 5) is 28.1. The van der Waals surface area contributed by atoms with Gasteiger partial charge in [-0.15, -0.1) is 0 Å². The Morgan fingerprint density at radius 2 is 1.67 bits per heavy atom. The molecule has 0 saturated heterocycles. The van der Waals surface area contributed by atoms with Crippen molar-refractivity contribution in [3.05, 3.63) is 64.7 Å². The average Bonchev–Trinajstić information content (AvgIpc) is 2.82. The van der Waals surface area contributed by atoms with E-state index in [4.69, 9.17) is 11.6 Å². The first-order valence-corrected chi connectivity index (χ1v) is 14.6. The zero-order valence-electron chi connectivity index (χ0n) is 21.8. The third-order valence-corrected chi connectivity index (χ3v) is 7.72. The molecule has 0 fully saturated rings. The molecule has 7 nitrogen and oxygen atoms in total. The van der Waals surface area contributed by atoms with Crippen LogP contribution in [-0.2, 0) is 26.2 Å². The highest BCUT2D eigenvalue weighted by Gasteiger charge is 2.29. The Morgan fingerprint density at radius 3 is 2.22 bits per heavy atom. The van der Waals surface area contributed by atoms with Crippen LogP contribution in [0.1, 0.15) is 57.6 Å². The SMILES string of the molecule is CC[C@H](C)NC(=O)[C@H](CC)N(Cc1ccccc1Cl)C(=O)CCCN(c1ccc(C)cc1)S(C)(=O)=O. The lowest BCUT2D eigenvalue weighted by atomic mass is 10.1. The van der Waals surface area contributed by atoms with E-state index in [1.54, 1.807) is 23.1 Å². The fourth-order valence-corrected chi connectivity index (χ4v) is 5.05. The summed E-state index contributed by atoms with van der Waals surface area (Å²) in [6, 6.07) is 13.8. The average molecular weight is 536 g/mol. The third kappa shape index (κ3) is 8.52. The molecule has 0 aliphatic heterocycles. The van der Waals surface area contributed by atoms with Gasteiger partial charge in [-0.05, 0) is 56.9 Å². The molecular weight excluding hydrogens is 498 g/mol. The van der Waals surface area contributed by atoms with Gasteiger partial charge in [0.2, 0.25) is 21.8 Å². The van der Waals surface area contributed by atoms with Crippen molar-refractivity contribution in [3.63, 3.8) is 0 Å². The summed E-state index contributed by atoms with van der Waals surface area (Å²) >= 11 is 6.37. The van der Waals surface area contributed by atoms with Gasteiger partial charge in [0.25, 0.3) is 0 Å². The number of sulfonamides is 1. The predicted molar refractivity (Wildman–Crippen MR) is 147 cm³/mol. The van der Waals surface area contributed by atoms with Crippen LogP contribution in [0.15, 0.2) is 48.5 Å². The number of benzene rings is 2. The van der Waals surface area contributed by atoms with Crippen LogP contribution < -0.4 is 9.62 Å². The van der Waals surface area contributed by atoms with Crippen molar-refractivity contribution in [2.45, 2.75) is 72.0 Å². The lowest BCUT2D eigenvalue weighted by Crippen LogP contribution is -2.50. The monoisotopic (exact) mass is 535 g/mol. The van der Waals surface area contributed by atoms with Gasteiger partial charge in [-0.2, -0.15) is 0 Å². The van der Waals surface area contributed by atoms with Crippen LogP contribution in [0.25, 0.3) is 0 Å². The Kier molecular flexibility index (Phi) is 11.2. The Hall–Kier alpha value is -2.58. The van der Waals surface area contributed by atoms with Gasteiger partial charge in [0.15, 0.2) is 0 Å². The summed E-state index contributed by atoms with van der Waals surface area (Å²) in [6.07, 6.45) is 2.78. The normalized spacial score (nSPS) is 13.1. The zero-order chi connectivity index (χ0) is 26.9. The van der Waals surface area contributed by atoms with E-state index in [0.29, 0.717) is 23.6 Å². The first-order chi connectivity index (χ1) is 17.0. The molecule has 1 N–H and O–H groups in total. The highest BCUT2D eigenvalue weighted by atomic mass is 35.5. The number of nitrogens with zero attached hydrogens (tertiary/aromatic N) is 2. The third-order valence-electron chi connectivity index (χ3n) is 6.16. The van der Waals surface area contributed by atoms with E-state index in [-0.39, 0.29) is 37.4 Å². The largest absolute Gasteiger partial charge is 0.352 e. The van der Waals surface area contributed by atoms with E-state index in [1.807, 2.05) is 58.0 Å². The number of carbonyl (C=O) groups excluding carboxylic acids is 2. The number of hydrogen-bond acceptors (Lipinski definition) is 4. The summed E-state index contributed by atoms with van der Waals surface area (Å²) in [5.74, 6) is -0.428. The van der Waals surface area contributed by atoms with E-state index in [0.717, 1.165) is 23.8 Å². The van der Waals surface area contributed by atoms with Crippen molar-refractivity contribution in [2.24, 2.45) is 0 Å². The Bertz CT molecular complexity index is 1120. The Balaban J connectivity index is 2.23. The van der Waals surface area contributed by atoms with Crippen LogP contribution in [0.3, 0.4) is 0 Å². The summed E-state index contributed by atoms with van der Waals surface area (Å²) in [7, 11) is -3.53. The van der Waals surface area contributed by atoms with Gasteiger partial charge >= 0.3 is 0 Å². The van der Waals surface area contributed by atoms with E-state index in [9.17, 15) is 18.0 Å². The molecule has 198 valence electrons. The molecular formula is C27H38ClN3O4S. The predicted octanol–water partition coefficient (Wildman–Crippen LogP) is 4.92. The smallest absolute Gasteiger partial charge is 0.243 e. The van der Waals surface area contributed by atoms with Crippen molar-refractivity contribution in [1.82, 2.24) is 10.2 Å². The molecule has 0 aromatic heterocycles. The molecule has 2 aromatic rings. The number of aryl methyl sites for hydroxylation is 1. The first-order valence-electron chi connectivity index (χ1n) is 12.4. The fraction of sp³-hybridized carbons (Fsp3) is 0.481. The van der Waals surface area contributed by atoms with Crippen molar-refractivity contribution < 1.29 is 18.0 Å². The molecule has 0 radical (unpaired) electrons. The topological polar surface area (TPSA) is 86.8 Å². The second-order valence-corrected chi connectivity index (χ2v) is 11.4. The molecule has 9 heteroatoms. The van der Waals surface area contributed by atoms with Gasteiger partial charge in [-0.25, -0.2) is 8.42 Å². The molecule has 0 aliphatic carbocycles. The van der Waals surface area contributed by atoms with Crippen LogP contribution in [0.2, 0.25) is 5.02 Å². The summed E-state index contributed by atoms with van der Waals surface area (Å²) < 4.78 is 26.2. The van der Waals surface area contributed by atoms with E-state index in [1.165, 1.54) is 4.31 Å². The summed E-state index contributed by atoms with van der Waals surface area (Å²) in [5.41, 5.74) is 2.33. The molecule has 0 heterocycles. The number of anilines is 1. The lowest BCUT2D eigenvalue weighted by Gasteiger charge is -2.32. The standard InChI is InChI=1S/C27H38ClN3O4S/c1-6-21(4)29-27(33)25(7-2)30(19-22-11-8-9-12-24(22)28)26(32)13-10-18-31(36(5,34)35)23-16-14-20(3)15-17-23/h8-9,11-12,14-17,21,25H,6-7,10,13,18-19H2,1-5H3,(H,29,33)/t21-,25-/m0/s1. The second kappa shape index (κ2) is 13.7. The van der Waals surface area contributed by atoms with Crippen LogP contribution >= 0.6 is 11.6 Å². The number of amides is 2. The maximum atomic E-state index is 13.5. The van der Waals surface area contributed by atoms with Crippen LogP contribution in [0.5, 0.6) is 0 Å². The molecule has 0 bridgehead atoms. The number of nitrogens with one attached hydrogen (secondary N) is 1. The zero-order valence-corrected chi connectivity index (χ0v) is 23.4. The van der Waals surface area contributed by atoms with Crippen molar-refractivity contribution in [3.8, 4) is 0 Å². The summed E-state index contributed by atoms with van der Waals surface area (Å²) in [5, 5.41) is 3.51. The Morgan fingerprint density at radius 1 is 1.03 bits per heavy atom. The summed E-state index contributed by atoms with van der Waals surface area (Å²) in [6.45, 7) is 8.07. The van der Waals surface area contributed by atoms with Crippen LogP contribution in [0, 0.1) is 6.92 Å². The van der Waals surface area contributed by atoms with E-state index < -0.39 is 16.1 Å². The van der Waals surface area contributed by atoms with Gasteiger partial charge in [0.1, 0.15) is 6.04 Å². The minimum atomic E-state index is -3.53. The lowest BCUT2D eigenvalue weighted by molar-refractivity contribution is -0.141. The molecule has 2 atom stereocenters. The highest BCUT2D eigenvalue weighted by molar-refractivity contribution is 7.92. The molecule has 2 amide bonds.